The van der Waals surface area contributed by atoms with Gasteiger partial charge in [-0.1, -0.05) is 6.07 Å². The van der Waals surface area contributed by atoms with Gasteiger partial charge in [0.25, 0.3) is 5.91 Å². The van der Waals surface area contributed by atoms with E-state index in [-0.39, 0.29) is 17.6 Å². The maximum atomic E-state index is 13.7. The fourth-order valence-corrected chi connectivity index (χ4v) is 4.46. The summed E-state index contributed by atoms with van der Waals surface area (Å²) in [6.07, 6.45) is 5.29. The molecule has 4 heterocycles. The number of fused-ring (bicyclic) bond motifs is 1. The Morgan fingerprint density at radius 1 is 1.18 bits per heavy atom. The summed E-state index contributed by atoms with van der Waals surface area (Å²) in [5.74, 6) is 0.950. The van der Waals surface area contributed by atoms with E-state index in [4.69, 9.17) is 4.98 Å². The van der Waals surface area contributed by atoms with E-state index in [1.807, 2.05) is 36.9 Å². The molecule has 3 aromatic heterocycles. The number of aromatic amines is 1. The Kier molecular flexibility index (Phi) is 5.50. The molecule has 1 aromatic carbocycles. The van der Waals surface area contributed by atoms with Crippen LogP contribution in [0.4, 0.5) is 16.2 Å². The average Bonchev–Trinajstić information content (AvgIpc) is 3.16. The van der Waals surface area contributed by atoms with Gasteiger partial charge in [0.2, 0.25) is 5.95 Å². The monoisotopic (exact) mass is 444 g/mol. The maximum Gasteiger partial charge on any atom is 0.270 e. The van der Waals surface area contributed by atoms with Gasteiger partial charge in [0.1, 0.15) is 17.3 Å². The Morgan fingerprint density at radius 2 is 2.06 bits per heavy atom. The van der Waals surface area contributed by atoms with Crippen molar-refractivity contribution in [2.45, 2.75) is 32.6 Å². The standard InChI is InChI=1S/C25H25FN6O/c1-15-5-3-10-27-23(15)31-25-28-11-9-20(30-25)17-6-4-12-32(14-17)24(33)22-16(2)19-13-18(26)7-8-21(19)29-22/h3,5,7-11,13,17,29H,4,6,12,14H2,1-2H3,(H,27,28,30,31). The number of halogens is 1. The molecule has 1 aliphatic heterocycles. The number of piperidine rings is 1. The van der Waals surface area contributed by atoms with Crippen molar-refractivity contribution in [3.63, 3.8) is 0 Å². The number of H-pyrrole nitrogens is 1. The number of aryl methyl sites for hydroxylation is 2. The van der Waals surface area contributed by atoms with Crippen LogP contribution in [0.2, 0.25) is 0 Å². The molecule has 4 aromatic rings. The van der Waals surface area contributed by atoms with Crippen LogP contribution in [-0.2, 0) is 0 Å². The summed E-state index contributed by atoms with van der Waals surface area (Å²) in [5, 5.41) is 3.93. The van der Waals surface area contributed by atoms with E-state index in [1.54, 1.807) is 18.5 Å². The Labute approximate surface area is 191 Å². The molecule has 33 heavy (non-hydrogen) atoms. The number of carbonyl (C=O) groups excluding carboxylic acids is 1. The summed E-state index contributed by atoms with van der Waals surface area (Å²) in [6, 6.07) is 10.3. The number of hydrogen-bond acceptors (Lipinski definition) is 5. The first-order valence-corrected chi connectivity index (χ1v) is 11.1. The number of nitrogens with zero attached hydrogens (tertiary/aromatic N) is 4. The molecule has 1 amide bonds. The van der Waals surface area contributed by atoms with Crippen molar-refractivity contribution >= 4 is 28.6 Å². The van der Waals surface area contributed by atoms with E-state index >= 15 is 0 Å². The molecular weight excluding hydrogens is 419 g/mol. The second kappa shape index (κ2) is 8.61. The molecule has 2 N–H and O–H groups in total. The number of likely N-dealkylation sites (tertiary alicyclic amines) is 1. The summed E-state index contributed by atoms with van der Waals surface area (Å²) in [6.45, 7) is 5.09. The van der Waals surface area contributed by atoms with Crippen molar-refractivity contribution in [2.75, 3.05) is 18.4 Å². The SMILES string of the molecule is Cc1cccnc1Nc1nccc(C2CCCN(C(=O)c3[nH]c4ccc(F)cc4c3C)C2)n1. The van der Waals surface area contributed by atoms with Crippen molar-refractivity contribution in [3.05, 3.63) is 77.1 Å². The Bertz CT molecular complexity index is 1330. The molecule has 7 nitrogen and oxygen atoms in total. The second-order valence-electron chi connectivity index (χ2n) is 8.50. The number of hydrogen-bond donors (Lipinski definition) is 2. The van der Waals surface area contributed by atoms with E-state index < -0.39 is 0 Å². The van der Waals surface area contributed by atoms with Gasteiger partial charge in [0.15, 0.2) is 0 Å². The van der Waals surface area contributed by atoms with Gasteiger partial charge < -0.3 is 15.2 Å². The number of aromatic nitrogens is 4. The molecule has 8 heteroatoms. The summed E-state index contributed by atoms with van der Waals surface area (Å²) in [4.78, 5) is 31.8. The molecule has 0 aliphatic carbocycles. The summed E-state index contributed by atoms with van der Waals surface area (Å²) < 4.78 is 13.7. The minimum Gasteiger partial charge on any atom is -0.350 e. The molecule has 0 bridgehead atoms. The third-order valence-electron chi connectivity index (χ3n) is 6.28. The van der Waals surface area contributed by atoms with E-state index in [1.165, 1.54) is 12.1 Å². The Morgan fingerprint density at radius 3 is 2.91 bits per heavy atom. The maximum absolute atomic E-state index is 13.7. The molecule has 1 unspecified atom stereocenters. The lowest BCUT2D eigenvalue weighted by Gasteiger charge is -2.32. The van der Waals surface area contributed by atoms with Crippen molar-refractivity contribution in [2.24, 2.45) is 0 Å². The van der Waals surface area contributed by atoms with Gasteiger partial charge in [-0.05, 0) is 68.1 Å². The highest BCUT2D eigenvalue weighted by Gasteiger charge is 2.28. The third-order valence-corrected chi connectivity index (χ3v) is 6.28. The number of benzene rings is 1. The molecular formula is C25H25FN6O. The number of carbonyl (C=O) groups is 1. The first-order chi connectivity index (χ1) is 16.0. The van der Waals surface area contributed by atoms with Crippen LogP contribution in [0.15, 0.2) is 48.8 Å². The number of anilines is 2. The quantitative estimate of drug-likeness (QED) is 0.469. The van der Waals surface area contributed by atoms with E-state index in [0.717, 1.165) is 46.4 Å². The highest BCUT2D eigenvalue weighted by Crippen LogP contribution is 2.29. The summed E-state index contributed by atoms with van der Waals surface area (Å²) in [7, 11) is 0. The van der Waals surface area contributed by atoms with Crippen LogP contribution in [0.25, 0.3) is 10.9 Å². The van der Waals surface area contributed by atoms with Gasteiger partial charge in [-0.3, -0.25) is 4.79 Å². The zero-order valence-corrected chi connectivity index (χ0v) is 18.6. The molecule has 5 rings (SSSR count). The van der Waals surface area contributed by atoms with Crippen LogP contribution >= 0.6 is 0 Å². The predicted octanol–water partition coefficient (Wildman–Crippen LogP) is 4.87. The summed E-state index contributed by atoms with van der Waals surface area (Å²) >= 11 is 0. The van der Waals surface area contributed by atoms with Gasteiger partial charge in [-0.2, -0.15) is 0 Å². The fraction of sp³-hybridized carbons (Fsp3) is 0.280. The van der Waals surface area contributed by atoms with Crippen molar-refractivity contribution in [1.82, 2.24) is 24.8 Å². The number of amides is 1. The Hall–Kier alpha value is -3.81. The number of pyridine rings is 1. The van der Waals surface area contributed by atoms with E-state index in [9.17, 15) is 9.18 Å². The van der Waals surface area contributed by atoms with Crippen LogP contribution < -0.4 is 5.32 Å². The highest BCUT2D eigenvalue weighted by molar-refractivity contribution is 6.01. The minimum atomic E-state index is -0.310. The van der Waals surface area contributed by atoms with Crippen molar-refractivity contribution in [1.29, 1.82) is 0 Å². The molecule has 168 valence electrons. The molecule has 1 atom stereocenters. The molecule has 0 radical (unpaired) electrons. The third kappa shape index (κ3) is 4.16. The normalized spacial score (nSPS) is 16.2. The Balaban J connectivity index is 1.35. The van der Waals surface area contributed by atoms with E-state index in [0.29, 0.717) is 24.7 Å². The molecule has 0 saturated carbocycles. The van der Waals surface area contributed by atoms with Gasteiger partial charge in [-0.15, -0.1) is 0 Å². The zero-order chi connectivity index (χ0) is 22.9. The van der Waals surface area contributed by atoms with Gasteiger partial charge in [-0.25, -0.2) is 19.3 Å². The largest absolute Gasteiger partial charge is 0.350 e. The molecule has 1 fully saturated rings. The number of nitrogens with one attached hydrogen (secondary N) is 2. The van der Waals surface area contributed by atoms with Crippen LogP contribution in [0.5, 0.6) is 0 Å². The molecule has 0 spiro atoms. The van der Waals surface area contributed by atoms with Crippen LogP contribution in [0.3, 0.4) is 0 Å². The lowest BCUT2D eigenvalue weighted by atomic mass is 9.94. The van der Waals surface area contributed by atoms with Crippen LogP contribution in [0.1, 0.15) is 46.1 Å². The van der Waals surface area contributed by atoms with Crippen LogP contribution in [0, 0.1) is 19.7 Å². The van der Waals surface area contributed by atoms with Crippen molar-refractivity contribution < 1.29 is 9.18 Å². The molecule has 1 aliphatic rings. The van der Waals surface area contributed by atoms with Crippen molar-refractivity contribution in [3.8, 4) is 0 Å². The fourth-order valence-electron chi connectivity index (χ4n) is 4.46. The number of rotatable bonds is 4. The lowest BCUT2D eigenvalue weighted by Crippen LogP contribution is -2.39. The van der Waals surface area contributed by atoms with Gasteiger partial charge in [0, 0.05) is 42.3 Å². The zero-order valence-electron chi connectivity index (χ0n) is 18.6. The van der Waals surface area contributed by atoms with Gasteiger partial charge in [0.05, 0.1) is 5.69 Å². The van der Waals surface area contributed by atoms with Crippen LogP contribution in [-0.4, -0.2) is 43.8 Å². The molecule has 1 saturated heterocycles. The first-order valence-electron chi connectivity index (χ1n) is 11.1. The highest BCUT2D eigenvalue weighted by atomic mass is 19.1. The smallest absolute Gasteiger partial charge is 0.270 e. The predicted molar refractivity (Wildman–Crippen MR) is 125 cm³/mol. The van der Waals surface area contributed by atoms with Gasteiger partial charge >= 0.3 is 0 Å². The average molecular weight is 445 g/mol. The lowest BCUT2D eigenvalue weighted by molar-refractivity contribution is 0.0700. The first kappa shape index (κ1) is 21.1. The second-order valence-corrected chi connectivity index (χ2v) is 8.50. The topological polar surface area (TPSA) is 86.8 Å². The van der Waals surface area contributed by atoms with E-state index in [2.05, 4.69) is 20.3 Å². The minimum absolute atomic E-state index is 0.0645. The summed E-state index contributed by atoms with van der Waals surface area (Å²) in [5.41, 5.74) is 3.97.